The lowest BCUT2D eigenvalue weighted by Gasteiger charge is -2.33. The molecule has 0 aromatic heterocycles. The summed E-state index contributed by atoms with van der Waals surface area (Å²) >= 11 is 3.62. The van der Waals surface area contributed by atoms with Crippen LogP contribution < -0.4 is 9.64 Å². The molecular formula is C22H20BrNO. The molecular weight excluding hydrogens is 374 g/mol. The Labute approximate surface area is 157 Å². The molecule has 0 spiro atoms. The number of halogens is 1. The molecule has 2 nitrogen and oxygen atoms in total. The minimum absolute atomic E-state index is 0.141. The summed E-state index contributed by atoms with van der Waals surface area (Å²) in [5, 5.41) is 0. The molecule has 0 atom stereocenters. The Bertz CT molecular complexity index is 926. The molecule has 1 heterocycles. The van der Waals surface area contributed by atoms with Crippen LogP contribution in [-0.2, 0) is 5.41 Å². The number of hydrogen-bond donors (Lipinski definition) is 0. The summed E-state index contributed by atoms with van der Waals surface area (Å²) in [4.78, 5) is 2.26. The molecule has 0 bridgehead atoms. The van der Waals surface area contributed by atoms with Crippen LogP contribution in [0.2, 0.25) is 0 Å². The van der Waals surface area contributed by atoms with Gasteiger partial charge in [0, 0.05) is 5.69 Å². The minimum Gasteiger partial charge on any atom is -0.452 e. The number of hydrogen-bond acceptors (Lipinski definition) is 2. The van der Waals surface area contributed by atoms with Gasteiger partial charge in [0.15, 0.2) is 11.5 Å². The number of fused-ring (bicyclic) bond motifs is 2. The zero-order valence-corrected chi connectivity index (χ0v) is 16.2. The van der Waals surface area contributed by atoms with Crippen LogP contribution in [0.3, 0.4) is 0 Å². The van der Waals surface area contributed by atoms with Crippen molar-refractivity contribution in [2.24, 2.45) is 0 Å². The molecule has 1 aliphatic rings. The Morgan fingerprint density at radius 2 is 1.48 bits per heavy atom. The number of benzene rings is 3. The summed E-state index contributed by atoms with van der Waals surface area (Å²) in [6.07, 6.45) is 0. The molecule has 1 aliphatic heterocycles. The molecule has 0 amide bonds. The second-order valence-corrected chi connectivity index (χ2v) is 8.14. The van der Waals surface area contributed by atoms with Gasteiger partial charge in [0.05, 0.1) is 15.8 Å². The van der Waals surface area contributed by atoms with Crippen molar-refractivity contribution in [2.45, 2.75) is 26.2 Å². The maximum absolute atomic E-state index is 6.15. The third-order valence-corrected chi connectivity index (χ3v) is 5.12. The predicted octanol–water partition coefficient (Wildman–Crippen LogP) is 7.32. The predicted molar refractivity (Wildman–Crippen MR) is 108 cm³/mol. The summed E-state index contributed by atoms with van der Waals surface area (Å²) in [5.41, 5.74) is 4.69. The van der Waals surface area contributed by atoms with Gasteiger partial charge >= 0.3 is 0 Å². The van der Waals surface area contributed by atoms with Crippen LogP contribution in [0.25, 0.3) is 0 Å². The molecule has 0 unspecified atom stereocenters. The normalized spacial score (nSPS) is 13.0. The van der Waals surface area contributed by atoms with Crippen LogP contribution in [0.15, 0.2) is 71.2 Å². The van der Waals surface area contributed by atoms with Gasteiger partial charge in [0.1, 0.15) is 0 Å². The van der Waals surface area contributed by atoms with Crippen molar-refractivity contribution in [1.29, 1.82) is 0 Å². The van der Waals surface area contributed by atoms with Gasteiger partial charge in [-0.25, -0.2) is 0 Å². The van der Waals surface area contributed by atoms with Gasteiger partial charge in [-0.05, 0) is 63.3 Å². The summed E-state index contributed by atoms with van der Waals surface area (Å²) in [6, 6.07) is 23.1. The molecule has 0 radical (unpaired) electrons. The number of rotatable bonds is 1. The first-order chi connectivity index (χ1) is 11.9. The standard InChI is InChI=1S/C22H20BrNO/c1-22(2,3)15-11-13-16(14-12-15)24-18-8-4-5-10-20(18)25-21-17(23)7-6-9-19(21)24/h4-14H,1-3H3. The molecule has 3 aromatic rings. The lowest BCUT2D eigenvalue weighted by Crippen LogP contribution is -2.16. The van der Waals surface area contributed by atoms with E-state index in [-0.39, 0.29) is 5.41 Å². The number of anilines is 3. The Morgan fingerprint density at radius 3 is 2.20 bits per heavy atom. The second-order valence-electron chi connectivity index (χ2n) is 7.29. The van der Waals surface area contributed by atoms with Crippen LogP contribution >= 0.6 is 15.9 Å². The topological polar surface area (TPSA) is 12.5 Å². The highest BCUT2D eigenvalue weighted by Gasteiger charge is 2.27. The van der Waals surface area contributed by atoms with E-state index in [1.807, 2.05) is 30.3 Å². The van der Waals surface area contributed by atoms with E-state index in [1.54, 1.807) is 0 Å². The van der Waals surface area contributed by atoms with Crippen molar-refractivity contribution < 1.29 is 4.74 Å². The summed E-state index contributed by atoms with van der Waals surface area (Å²) < 4.78 is 7.10. The zero-order valence-electron chi connectivity index (χ0n) is 14.6. The van der Waals surface area contributed by atoms with E-state index in [1.165, 1.54) is 5.56 Å². The van der Waals surface area contributed by atoms with Crippen LogP contribution in [0.5, 0.6) is 11.5 Å². The van der Waals surface area contributed by atoms with E-state index in [4.69, 9.17) is 4.74 Å². The lowest BCUT2D eigenvalue weighted by atomic mass is 9.87. The molecule has 3 heteroatoms. The molecule has 0 aliphatic carbocycles. The monoisotopic (exact) mass is 393 g/mol. The van der Waals surface area contributed by atoms with E-state index in [9.17, 15) is 0 Å². The molecule has 25 heavy (non-hydrogen) atoms. The Kier molecular flexibility index (Phi) is 3.84. The quantitative estimate of drug-likeness (QED) is 0.335. The average molecular weight is 394 g/mol. The van der Waals surface area contributed by atoms with Crippen molar-refractivity contribution in [2.75, 3.05) is 4.90 Å². The summed E-state index contributed by atoms with van der Waals surface area (Å²) in [5.74, 6) is 1.71. The van der Waals surface area contributed by atoms with E-state index in [0.29, 0.717) is 0 Å². The third kappa shape index (κ3) is 2.83. The summed E-state index contributed by atoms with van der Waals surface area (Å²) in [6.45, 7) is 6.70. The largest absolute Gasteiger partial charge is 0.452 e. The first-order valence-electron chi connectivity index (χ1n) is 8.41. The molecule has 0 saturated carbocycles. The van der Waals surface area contributed by atoms with E-state index < -0.39 is 0 Å². The third-order valence-electron chi connectivity index (χ3n) is 4.50. The minimum atomic E-state index is 0.141. The molecule has 4 rings (SSSR count). The van der Waals surface area contributed by atoms with E-state index in [0.717, 1.165) is 33.0 Å². The Hall–Kier alpha value is -2.26. The number of nitrogens with zero attached hydrogens (tertiary/aromatic N) is 1. The van der Waals surface area contributed by atoms with Crippen molar-refractivity contribution in [3.05, 3.63) is 76.8 Å². The highest BCUT2D eigenvalue weighted by molar-refractivity contribution is 9.10. The van der Waals surface area contributed by atoms with Crippen LogP contribution in [-0.4, -0.2) is 0 Å². The maximum Gasteiger partial charge on any atom is 0.165 e. The van der Waals surface area contributed by atoms with Crippen LogP contribution in [0.4, 0.5) is 17.1 Å². The SMILES string of the molecule is CC(C)(C)c1ccc(N2c3ccccc3Oc3c(Br)cccc32)cc1. The number of ether oxygens (including phenoxy) is 1. The van der Waals surface area contributed by atoms with Gasteiger partial charge in [0.2, 0.25) is 0 Å². The average Bonchev–Trinajstić information content (AvgIpc) is 2.60. The fourth-order valence-electron chi connectivity index (χ4n) is 3.13. The summed E-state index contributed by atoms with van der Waals surface area (Å²) in [7, 11) is 0. The van der Waals surface area contributed by atoms with Gasteiger partial charge in [-0.2, -0.15) is 0 Å². The Balaban J connectivity index is 1.88. The lowest BCUT2D eigenvalue weighted by molar-refractivity contribution is 0.474. The van der Waals surface area contributed by atoms with Crippen molar-refractivity contribution in [1.82, 2.24) is 0 Å². The van der Waals surface area contributed by atoms with Gasteiger partial charge in [-0.1, -0.05) is 51.1 Å². The molecule has 3 aromatic carbocycles. The maximum atomic E-state index is 6.15. The van der Waals surface area contributed by atoms with Gasteiger partial charge in [-0.3, -0.25) is 0 Å². The molecule has 0 N–H and O–H groups in total. The highest BCUT2D eigenvalue weighted by Crippen LogP contribution is 2.52. The number of para-hydroxylation sites is 3. The van der Waals surface area contributed by atoms with Crippen LogP contribution in [0.1, 0.15) is 26.3 Å². The van der Waals surface area contributed by atoms with E-state index >= 15 is 0 Å². The Morgan fingerprint density at radius 1 is 0.800 bits per heavy atom. The van der Waals surface area contributed by atoms with Crippen LogP contribution in [0, 0.1) is 0 Å². The molecule has 126 valence electrons. The van der Waals surface area contributed by atoms with Gasteiger partial charge in [0.25, 0.3) is 0 Å². The van der Waals surface area contributed by atoms with Gasteiger partial charge in [-0.15, -0.1) is 0 Å². The van der Waals surface area contributed by atoms with Crippen molar-refractivity contribution in [3.8, 4) is 11.5 Å². The van der Waals surface area contributed by atoms with Gasteiger partial charge < -0.3 is 9.64 Å². The van der Waals surface area contributed by atoms with Crippen molar-refractivity contribution >= 4 is 33.0 Å². The smallest absolute Gasteiger partial charge is 0.165 e. The van der Waals surface area contributed by atoms with Crippen molar-refractivity contribution in [3.63, 3.8) is 0 Å². The fourth-order valence-corrected chi connectivity index (χ4v) is 3.57. The first-order valence-corrected chi connectivity index (χ1v) is 9.20. The molecule has 0 fully saturated rings. The zero-order chi connectivity index (χ0) is 17.6. The first kappa shape index (κ1) is 16.2. The second kappa shape index (κ2) is 5.92. The fraction of sp³-hybridized carbons (Fsp3) is 0.182. The molecule has 0 saturated heterocycles. The highest BCUT2D eigenvalue weighted by atomic mass is 79.9. The van der Waals surface area contributed by atoms with E-state index in [2.05, 4.69) is 78.0 Å².